The molecule has 0 aliphatic heterocycles. The third kappa shape index (κ3) is 3.61. The largest absolute Gasteiger partial charge is 0.397 e. The van der Waals surface area contributed by atoms with E-state index in [1.165, 1.54) is 5.56 Å². The topological polar surface area (TPSA) is 55.1 Å². The molecule has 0 saturated carbocycles. The minimum absolute atomic E-state index is 0.0786. The van der Waals surface area contributed by atoms with Gasteiger partial charge in [0.25, 0.3) is 0 Å². The average molecular weight is 333 g/mol. The summed E-state index contributed by atoms with van der Waals surface area (Å²) in [5, 5.41) is 2.86. The van der Waals surface area contributed by atoms with Crippen molar-refractivity contribution in [1.29, 1.82) is 0 Å². The fraction of sp³-hybridized carbons (Fsp3) is 0.188. The average Bonchev–Trinajstić information content (AvgIpc) is 2.36. The zero-order chi connectivity index (χ0) is 14.7. The number of anilines is 2. The van der Waals surface area contributed by atoms with Crippen LogP contribution in [0.4, 0.5) is 11.4 Å². The molecule has 0 saturated heterocycles. The fourth-order valence-corrected chi connectivity index (χ4v) is 2.67. The van der Waals surface area contributed by atoms with Crippen molar-refractivity contribution >= 4 is 33.2 Å². The van der Waals surface area contributed by atoms with Gasteiger partial charge in [-0.3, -0.25) is 4.79 Å². The van der Waals surface area contributed by atoms with E-state index in [9.17, 15) is 4.79 Å². The predicted molar refractivity (Wildman–Crippen MR) is 86.8 cm³/mol. The first-order valence-corrected chi connectivity index (χ1v) is 7.16. The number of nitrogens with two attached hydrogens (primary N) is 1. The molecule has 3 N–H and O–H groups in total. The number of carbonyl (C=O) groups is 1. The molecule has 0 fully saturated rings. The van der Waals surface area contributed by atoms with Crippen molar-refractivity contribution < 1.29 is 4.79 Å². The molecule has 4 heteroatoms. The SMILES string of the molecule is Cc1ccc(CC(=O)Nc2c(N)cc(C)cc2Br)cc1. The molecule has 0 atom stereocenters. The molecule has 2 aromatic rings. The van der Waals surface area contributed by atoms with E-state index in [1.54, 1.807) is 0 Å². The molecule has 2 rings (SSSR count). The number of nitrogens with one attached hydrogen (secondary N) is 1. The Morgan fingerprint density at radius 2 is 1.80 bits per heavy atom. The Morgan fingerprint density at radius 3 is 2.40 bits per heavy atom. The van der Waals surface area contributed by atoms with Gasteiger partial charge in [-0.15, -0.1) is 0 Å². The van der Waals surface area contributed by atoms with Crippen LogP contribution in [0.2, 0.25) is 0 Å². The second kappa shape index (κ2) is 6.09. The zero-order valence-corrected chi connectivity index (χ0v) is 13.1. The molecule has 3 nitrogen and oxygen atoms in total. The standard InChI is InChI=1S/C16H17BrN2O/c1-10-3-5-12(6-4-10)9-15(20)19-16-13(17)7-11(2)8-14(16)18/h3-8H,9,18H2,1-2H3,(H,19,20). The van der Waals surface area contributed by atoms with Crippen LogP contribution >= 0.6 is 15.9 Å². The van der Waals surface area contributed by atoms with Crippen molar-refractivity contribution in [3.63, 3.8) is 0 Å². The van der Waals surface area contributed by atoms with Crippen LogP contribution in [0.5, 0.6) is 0 Å². The van der Waals surface area contributed by atoms with Gasteiger partial charge in [0.1, 0.15) is 0 Å². The van der Waals surface area contributed by atoms with Crippen LogP contribution in [-0.2, 0) is 11.2 Å². The lowest BCUT2D eigenvalue weighted by molar-refractivity contribution is -0.115. The van der Waals surface area contributed by atoms with Crippen LogP contribution in [0.3, 0.4) is 0 Å². The summed E-state index contributed by atoms with van der Waals surface area (Å²) in [5.74, 6) is -0.0786. The Bertz CT molecular complexity index is 612. The summed E-state index contributed by atoms with van der Waals surface area (Å²) >= 11 is 3.43. The van der Waals surface area contributed by atoms with Gasteiger partial charge in [-0.25, -0.2) is 0 Å². The van der Waals surface area contributed by atoms with Crippen LogP contribution in [0.15, 0.2) is 40.9 Å². The number of carbonyl (C=O) groups excluding carboxylic acids is 1. The van der Waals surface area contributed by atoms with Gasteiger partial charge in [0, 0.05) is 4.47 Å². The van der Waals surface area contributed by atoms with Crippen molar-refractivity contribution in [2.45, 2.75) is 20.3 Å². The van der Waals surface area contributed by atoms with Gasteiger partial charge in [-0.2, -0.15) is 0 Å². The molecule has 0 radical (unpaired) electrons. The Balaban J connectivity index is 2.10. The van der Waals surface area contributed by atoms with Crippen molar-refractivity contribution in [1.82, 2.24) is 0 Å². The molecule has 104 valence electrons. The van der Waals surface area contributed by atoms with E-state index in [4.69, 9.17) is 5.73 Å². The van der Waals surface area contributed by atoms with E-state index in [2.05, 4.69) is 21.2 Å². The summed E-state index contributed by atoms with van der Waals surface area (Å²) in [6.45, 7) is 3.98. The van der Waals surface area contributed by atoms with E-state index < -0.39 is 0 Å². The van der Waals surface area contributed by atoms with Crippen LogP contribution in [0.25, 0.3) is 0 Å². The summed E-state index contributed by atoms with van der Waals surface area (Å²) in [7, 11) is 0. The summed E-state index contributed by atoms with van der Waals surface area (Å²) in [6, 6.07) is 11.7. The molecular formula is C16H17BrN2O. The number of halogens is 1. The number of aryl methyl sites for hydroxylation is 2. The molecule has 0 bridgehead atoms. The minimum atomic E-state index is -0.0786. The molecule has 0 heterocycles. The second-order valence-corrected chi connectivity index (χ2v) is 5.78. The maximum Gasteiger partial charge on any atom is 0.228 e. The Hall–Kier alpha value is -1.81. The van der Waals surface area contributed by atoms with Crippen molar-refractivity contribution in [3.8, 4) is 0 Å². The molecular weight excluding hydrogens is 316 g/mol. The van der Waals surface area contributed by atoms with Gasteiger partial charge in [0.15, 0.2) is 0 Å². The highest BCUT2D eigenvalue weighted by Gasteiger charge is 2.10. The molecule has 0 unspecified atom stereocenters. The van der Waals surface area contributed by atoms with Crippen LogP contribution < -0.4 is 11.1 Å². The lowest BCUT2D eigenvalue weighted by Crippen LogP contribution is -2.16. The van der Waals surface area contributed by atoms with Gasteiger partial charge in [-0.05, 0) is 53.0 Å². The van der Waals surface area contributed by atoms with Crippen LogP contribution in [0.1, 0.15) is 16.7 Å². The maximum absolute atomic E-state index is 12.1. The van der Waals surface area contributed by atoms with E-state index in [-0.39, 0.29) is 5.91 Å². The lowest BCUT2D eigenvalue weighted by atomic mass is 10.1. The summed E-state index contributed by atoms with van der Waals surface area (Å²) < 4.78 is 0.798. The van der Waals surface area contributed by atoms with E-state index in [1.807, 2.05) is 50.2 Å². The van der Waals surface area contributed by atoms with Crippen molar-refractivity contribution in [2.24, 2.45) is 0 Å². The van der Waals surface area contributed by atoms with Gasteiger partial charge in [0.05, 0.1) is 17.8 Å². The molecule has 0 spiro atoms. The maximum atomic E-state index is 12.1. The Morgan fingerprint density at radius 1 is 1.15 bits per heavy atom. The normalized spacial score (nSPS) is 10.3. The number of nitrogen functional groups attached to an aromatic ring is 1. The van der Waals surface area contributed by atoms with Crippen molar-refractivity contribution in [3.05, 3.63) is 57.6 Å². The fourth-order valence-electron chi connectivity index (χ4n) is 1.98. The molecule has 0 aliphatic carbocycles. The molecule has 20 heavy (non-hydrogen) atoms. The Kier molecular flexibility index (Phi) is 4.45. The van der Waals surface area contributed by atoms with E-state index in [0.29, 0.717) is 17.8 Å². The molecule has 2 aromatic carbocycles. The Labute approximate surface area is 127 Å². The number of rotatable bonds is 3. The quantitative estimate of drug-likeness (QED) is 0.839. The lowest BCUT2D eigenvalue weighted by Gasteiger charge is -2.11. The number of amides is 1. The van der Waals surface area contributed by atoms with E-state index in [0.717, 1.165) is 15.6 Å². The van der Waals surface area contributed by atoms with Crippen molar-refractivity contribution in [2.75, 3.05) is 11.1 Å². The first kappa shape index (κ1) is 14.6. The third-order valence-electron chi connectivity index (χ3n) is 3.01. The first-order chi connectivity index (χ1) is 9.45. The minimum Gasteiger partial charge on any atom is -0.397 e. The van der Waals surface area contributed by atoms with Gasteiger partial charge in [0.2, 0.25) is 5.91 Å². The summed E-state index contributed by atoms with van der Waals surface area (Å²) in [6.07, 6.45) is 0.333. The number of benzene rings is 2. The predicted octanol–water partition coefficient (Wildman–Crippen LogP) is 3.83. The molecule has 0 aromatic heterocycles. The monoisotopic (exact) mass is 332 g/mol. The van der Waals surface area contributed by atoms with Gasteiger partial charge >= 0.3 is 0 Å². The smallest absolute Gasteiger partial charge is 0.228 e. The van der Waals surface area contributed by atoms with Gasteiger partial charge < -0.3 is 11.1 Å². The zero-order valence-electron chi connectivity index (χ0n) is 11.5. The molecule has 1 amide bonds. The highest BCUT2D eigenvalue weighted by Crippen LogP contribution is 2.30. The third-order valence-corrected chi connectivity index (χ3v) is 3.64. The first-order valence-electron chi connectivity index (χ1n) is 6.36. The second-order valence-electron chi connectivity index (χ2n) is 4.92. The van der Waals surface area contributed by atoms with Gasteiger partial charge in [-0.1, -0.05) is 29.8 Å². The number of hydrogen-bond acceptors (Lipinski definition) is 2. The van der Waals surface area contributed by atoms with Crippen LogP contribution in [-0.4, -0.2) is 5.91 Å². The molecule has 0 aliphatic rings. The summed E-state index contributed by atoms with van der Waals surface area (Å²) in [5.41, 5.74) is 10.3. The highest BCUT2D eigenvalue weighted by atomic mass is 79.9. The van der Waals surface area contributed by atoms with Crippen LogP contribution in [0, 0.1) is 13.8 Å². The summed E-state index contributed by atoms with van der Waals surface area (Å²) in [4.78, 5) is 12.1. The van der Waals surface area contributed by atoms with E-state index >= 15 is 0 Å². The highest BCUT2D eigenvalue weighted by molar-refractivity contribution is 9.10. The number of hydrogen-bond donors (Lipinski definition) is 2.